The molecule has 4 heteroatoms. The fraction of sp³-hybridized carbons (Fsp3) is 0.500. The van der Waals surface area contributed by atoms with Crippen LogP contribution >= 0.6 is 0 Å². The third-order valence-electron chi connectivity index (χ3n) is 3.09. The topological polar surface area (TPSA) is 47.7 Å². The summed E-state index contributed by atoms with van der Waals surface area (Å²) in [5.74, 6) is 0. The Morgan fingerprint density at radius 1 is 1.44 bits per heavy atom. The van der Waals surface area contributed by atoms with Gasteiger partial charge in [-0.05, 0) is 16.7 Å². The highest BCUT2D eigenvalue weighted by Crippen LogP contribution is 2.34. The monoisotopic (exact) mass is 222 g/mol. The first-order valence-electron chi connectivity index (χ1n) is 5.42. The predicted molar refractivity (Wildman–Crippen MR) is 61.5 cm³/mol. The Morgan fingerprint density at radius 2 is 2.25 bits per heavy atom. The van der Waals surface area contributed by atoms with Crippen molar-refractivity contribution < 1.29 is 9.57 Å². The third kappa shape index (κ3) is 1.85. The Bertz CT molecular complexity index is 368. The van der Waals surface area contributed by atoms with Crippen LogP contribution in [0.2, 0.25) is 0 Å². The van der Waals surface area contributed by atoms with Gasteiger partial charge in [0.25, 0.3) is 0 Å². The molecule has 0 aliphatic carbocycles. The standard InChI is InChI=1S/C12H18N2O2/c1-15-8-9-4-3-5-10-11(9)7-14(16-2)12(10)6-13/h3-5,12H,6-8,13H2,1-2H3/t12-/m1/s1. The van der Waals surface area contributed by atoms with Gasteiger partial charge in [-0.1, -0.05) is 18.2 Å². The number of ether oxygens (including phenoxy) is 1. The zero-order chi connectivity index (χ0) is 11.5. The number of hydroxylamine groups is 2. The molecule has 0 aromatic heterocycles. The van der Waals surface area contributed by atoms with Crippen LogP contribution in [0.4, 0.5) is 0 Å². The molecule has 0 fully saturated rings. The van der Waals surface area contributed by atoms with Crippen LogP contribution in [0.15, 0.2) is 18.2 Å². The summed E-state index contributed by atoms with van der Waals surface area (Å²) in [6.07, 6.45) is 0. The van der Waals surface area contributed by atoms with Crippen molar-refractivity contribution >= 4 is 0 Å². The first kappa shape index (κ1) is 11.5. The van der Waals surface area contributed by atoms with Gasteiger partial charge in [-0.25, -0.2) is 0 Å². The average molecular weight is 222 g/mol. The molecule has 2 rings (SSSR count). The third-order valence-corrected chi connectivity index (χ3v) is 3.09. The predicted octanol–water partition coefficient (Wildman–Crippen LogP) is 1.21. The van der Waals surface area contributed by atoms with Gasteiger partial charge in [0.05, 0.1) is 26.3 Å². The molecule has 88 valence electrons. The second-order valence-corrected chi connectivity index (χ2v) is 3.93. The van der Waals surface area contributed by atoms with Crippen LogP contribution in [0.25, 0.3) is 0 Å². The summed E-state index contributed by atoms with van der Waals surface area (Å²) in [7, 11) is 3.40. The van der Waals surface area contributed by atoms with Gasteiger partial charge in [-0.15, -0.1) is 0 Å². The summed E-state index contributed by atoms with van der Waals surface area (Å²) in [5, 5.41) is 1.92. The van der Waals surface area contributed by atoms with E-state index in [1.165, 1.54) is 16.7 Å². The summed E-state index contributed by atoms with van der Waals surface area (Å²) in [6, 6.07) is 6.42. The molecule has 2 N–H and O–H groups in total. The largest absolute Gasteiger partial charge is 0.380 e. The van der Waals surface area contributed by atoms with Crippen molar-refractivity contribution in [1.82, 2.24) is 5.06 Å². The molecular weight excluding hydrogens is 204 g/mol. The molecule has 1 aromatic rings. The molecule has 0 saturated heterocycles. The van der Waals surface area contributed by atoms with Crippen LogP contribution in [0.3, 0.4) is 0 Å². The smallest absolute Gasteiger partial charge is 0.0731 e. The summed E-state index contributed by atoms with van der Waals surface area (Å²) in [5.41, 5.74) is 9.56. The van der Waals surface area contributed by atoms with Crippen molar-refractivity contribution in [2.45, 2.75) is 19.2 Å². The number of hydrogen-bond acceptors (Lipinski definition) is 4. The van der Waals surface area contributed by atoms with E-state index in [-0.39, 0.29) is 6.04 Å². The second kappa shape index (κ2) is 4.93. The van der Waals surface area contributed by atoms with Crippen LogP contribution in [0.5, 0.6) is 0 Å². The van der Waals surface area contributed by atoms with Crippen molar-refractivity contribution in [2.75, 3.05) is 20.8 Å². The first-order valence-corrected chi connectivity index (χ1v) is 5.42. The zero-order valence-corrected chi connectivity index (χ0v) is 9.77. The zero-order valence-electron chi connectivity index (χ0n) is 9.77. The van der Waals surface area contributed by atoms with E-state index in [1.807, 2.05) is 5.06 Å². The number of methoxy groups -OCH3 is 1. The van der Waals surface area contributed by atoms with Crippen molar-refractivity contribution in [3.05, 3.63) is 34.9 Å². The maximum Gasteiger partial charge on any atom is 0.0731 e. The van der Waals surface area contributed by atoms with Gasteiger partial charge in [0.15, 0.2) is 0 Å². The molecule has 1 atom stereocenters. The van der Waals surface area contributed by atoms with Gasteiger partial charge in [-0.2, -0.15) is 5.06 Å². The van der Waals surface area contributed by atoms with E-state index in [2.05, 4.69) is 18.2 Å². The maximum absolute atomic E-state index is 5.79. The molecule has 4 nitrogen and oxygen atoms in total. The van der Waals surface area contributed by atoms with Crippen LogP contribution in [-0.2, 0) is 22.7 Å². The molecule has 0 spiro atoms. The van der Waals surface area contributed by atoms with Gasteiger partial charge < -0.3 is 15.3 Å². The summed E-state index contributed by atoms with van der Waals surface area (Å²) in [6.45, 7) is 1.99. The highest BCUT2D eigenvalue weighted by molar-refractivity contribution is 5.40. The van der Waals surface area contributed by atoms with Gasteiger partial charge >= 0.3 is 0 Å². The quantitative estimate of drug-likeness (QED) is 0.832. The Morgan fingerprint density at radius 3 is 2.88 bits per heavy atom. The van der Waals surface area contributed by atoms with E-state index in [4.69, 9.17) is 15.3 Å². The highest BCUT2D eigenvalue weighted by atomic mass is 16.7. The number of benzene rings is 1. The molecule has 0 radical (unpaired) electrons. The lowest BCUT2D eigenvalue weighted by molar-refractivity contribution is -0.159. The average Bonchev–Trinajstić information content (AvgIpc) is 2.68. The van der Waals surface area contributed by atoms with E-state index >= 15 is 0 Å². The molecule has 1 aromatic carbocycles. The highest BCUT2D eigenvalue weighted by Gasteiger charge is 2.30. The number of fused-ring (bicyclic) bond motifs is 1. The molecule has 0 unspecified atom stereocenters. The van der Waals surface area contributed by atoms with Crippen LogP contribution in [0, 0.1) is 0 Å². The SMILES string of the molecule is COCc1cccc2c1CN(OC)[C@@H]2CN. The fourth-order valence-corrected chi connectivity index (χ4v) is 2.31. The maximum atomic E-state index is 5.79. The van der Waals surface area contributed by atoms with Crippen molar-refractivity contribution in [2.24, 2.45) is 5.73 Å². The minimum atomic E-state index is 0.164. The van der Waals surface area contributed by atoms with Crippen molar-refractivity contribution in [3.63, 3.8) is 0 Å². The molecule has 16 heavy (non-hydrogen) atoms. The molecule has 1 aliphatic rings. The Balaban J connectivity index is 2.36. The molecule has 0 amide bonds. The Kier molecular flexibility index (Phi) is 3.56. The van der Waals surface area contributed by atoms with Crippen LogP contribution in [-0.4, -0.2) is 25.8 Å². The van der Waals surface area contributed by atoms with E-state index in [0.29, 0.717) is 13.2 Å². The number of nitrogens with zero attached hydrogens (tertiary/aromatic N) is 1. The second-order valence-electron chi connectivity index (χ2n) is 3.93. The van der Waals surface area contributed by atoms with E-state index < -0.39 is 0 Å². The van der Waals surface area contributed by atoms with Crippen molar-refractivity contribution in [3.8, 4) is 0 Å². The Hall–Kier alpha value is -0.940. The molecule has 1 aliphatic heterocycles. The number of nitrogens with two attached hydrogens (primary N) is 1. The number of rotatable bonds is 4. The molecule has 1 heterocycles. The van der Waals surface area contributed by atoms with Gasteiger partial charge in [0.1, 0.15) is 0 Å². The molecule has 0 saturated carbocycles. The fourth-order valence-electron chi connectivity index (χ4n) is 2.31. The lowest BCUT2D eigenvalue weighted by Crippen LogP contribution is -2.26. The summed E-state index contributed by atoms with van der Waals surface area (Å²) < 4.78 is 5.20. The van der Waals surface area contributed by atoms with E-state index in [1.54, 1.807) is 14.2 Å². The Labute approximate surface area is 95.9 Å². The lowest BCUT2D eigenvalue weighted by Gasteiger charge is -2.20. The summed E-state index contributed by atoms with van der Waals surface area (Å²) >= 11 is 0. The van der Waals surface area contributed by atoms with Gasteiger partial charge in [0.2, 0.25) is 0 Å². The van der Waals surface area contributed by atoms with Gasteiger partial charge in [-0.3, -0.25) is 0 Å². The van der Waals surface area contributed by atoms with Crippen LogP contribution in [0.1, 0.15) is 22.7 Å². The van der Waals surface area contributed by atoms with E-state index in [0.717, 1.165) is 6.54 Å². The minimum absolute atomic E-state index is 0.164. The van der Waals surface area contributed by atoms with Crippen molar-refractivity contribution in [1.29, 1.82) is 0 Å². The van der Waals surface area contributed by atoms with Crippen LogP contribution < -0.4 is 5.73 Å². The lowest BCUT2D eigenvalue weighted by atomic mass is 10.0. The summed E-state index contributed by atoms with van der Waals surface area (Å²) in [4.78, 5) is 5.34. The van der Waals surface area contributed by atoms with E-state index in [9.17, 15) is 0 Å². The molecular formula is C12H18N2O2. The molecule has 0 bridgehead atoms. The normalized spacial score (nSPS) is 20.1. The minimum Gasteiger partial charge on any atom is -0.380 e. The first-order chi connectivity index (χ1) is 7.81. The number of hydrogen-bond donors (Lipinski definition) is 1. The van der Waals surface area contributed by atoms with Gasteiger partial charge in [0, 0.05) is 13.7 Å².